The summed E-state index contributed by atoms with van der Waals surface area (Å²) in [5.74, 6) is -2.11. The molecular weight excluding hydrogens is 367 g/mol. The van der Waals surface area contributed by atoms with Gasteiger partial charge in [0.1, 0.15) is 0 Å². The van der Waals surface area contributed by atoms with E-state index in [4.69, 9.17) is 0 Å². The number of rotatable bonds is 6. The Balaban J connectivity index is 1.46. The first-order chi connectivity index (χ1) is 13.3. The standard InChI is InChI=1S/C21H26F3N3O/c1-15-17(14-27(26-15)19-10-3-2-4-11-19)8-6-12-25-20(28)16-7-5-9-18(13-16)21(22,23)24/h2-4,10-11,14,16,18H,5-9,12-13H2,1H3,(H,25,28). The number of halogens is 3. The second-order valence-corrected chi connectivity index (χ2v) is 7.52. The van der Waals surface area contributed by atoms with E-state index in [-0.39, 0.29) is 18.7 Å². The molecule has 152 valence electrons. The molecule has 1 N–H and O–H groups in total. The Morgan fingerprint density at radius 1 is 1.25 bits per heavy atom. The molecule has 2 unspecified atom stereocenters. The molecule has 1 aromatic heterocycles. The summed E-state index contributed by atoms with van der Waals surface area (Å²) in [5, 5.41) is 7.34. The van der Waals surface area contributed by atoms with Crippen molar-refractivity contribution in [1.82, 2.24) is 15.1 Å². The number of carbonyl (C=O) groups excluding carboxylic acids is 1. The topological polar surface area (TPSA) is 46.9 Å². The SMILES string of the molecule is Cc1nn(-c2ccccc2)cc1CCCNC(=O)C1CCCC(C(F)(F)F)C1. The summed E-state index contributed by atoms with van der Waals surface area (Å²) in [6, 6.07) is 9.82. The van der Waals surface area contributed by atoms with Crippen LogP contribution in [0.25, 0.3) is 5.69 Å². The van der Waals surface area contributed by atoms with Crippen LogP contribution in [0.5, 0.6) is 0 Å². The number of aryl methyl sites for hydroxylation is 2. The van der Waals surface area contributed by atoms with E-state index in [1.807, 2.05) is 48.1 Å². The lowest BCUT2D eigenvalue weighted by Crippen LogP contribution is -2.37. The minimum absolute atomic E-state index is 0.0850. The van der Waals surface area contributed by atoms with Crippen molar-refractivity contribution in [2.45, 2.75) is 51.6 Å². The van der Waals surface area contributed by atoms with Crippen molar-refractivity contribution in [3.8, 4) is 5.69 Å². The highest BCUT2D eigenvalue weighted by molar-refractivity contribution is 5.78. The third-order valence-corrected chi connectivity index (χ3v) is 5.45. The van der Waals surface area contributed by atoms with E-state index in [0.29, 0.717) is 19.4 Å². The predicted octanol–water partition coefficient (Wildman–Crippen LogP) is 4.60. The van der Waals surface area contributed by atoms with Gasteiger partial charge in [0.05, 0.1) is 17.3 Å². The average molecular weight is 393 g/mol. The molecule has 1 fully saturated rings. The Hall–Kier alpha value is -2.31. The van der Waals surface area contributed by atoms with Gasteiger partial charge in [-0.1, -0.05) is 24.6 Å². The molecule has 1 saturated carbocycles. The van der Waals surface area contributed by atoms with E-state index in [9.17, 15) is 18.0 Å². The molecule has 2 aromatic rings. The first-order valence-electron chi connectivity index (χ1n) is 9.79. The number of hydrogen-bond acceptors (Lipinski definition) is 2. The monoisotopic (exact) mass is 393 g/mol. The number of para-hydroxylation sites is 1. The Morgan fingerprint density at radius 2 is 2.00 bits per heavy atom. The first-order valence-corrected chi connectivity index (χ1v) is 9.79. The van der Waals surface area contributed by atoms with Gasteiger partial charge in [-0.3, -0.25) is 4.79 Å². The van der Waals surface area contributed by atoms with Crippen LogP contribution < -0.4 is 5.32 Å². The zero-order valence-corrected chi connectivity index (χ0v) is 16.0. The molecule has 28 heavy (non-hydrogen) atoms. The lowest BCUT2D eigenvalue weighted by molar-refractivity contribution is -0.186. The maximum Gasteiger partial charge on any atom is 0.391 e. The van der Waals surface area contributed by atoms with Crippen molar-refractivity contribution in [3.63, 3.8) is 0 Å². The van der Waals surface area contributed by atoms with Crippen LogP contribution in [0.1, 0.15) is 43.4 Å². The largest absolute Gasteiger partial charge is 0.391 e. The van der Waals surface area contributed by atoms with E-state index >= 15 is 0 Å². The maximum atomic E-state index is 12.9. The van der Waals surface area contributed by atoms with E-state index < -0.39 is 18.0 Å². The number of aromatic nitrogens is 2. The summed E-state index contributed by atoms with van der Waals surface area (Å²) >= 11 is 0. The van der Waals surface area contributed by atoms with Gasteiger partial charge in [-0.05, 0) is 56.7 Å². The summed E-state index contributed by atoms with van der Waals surface area (Å²) in [6.45, 7) is 2.41. The molecule has 2 atom stereocenters. The molecular formula is C21H26F3N3O. The van der Waals surface area contributed by atoms with E-state index in [2.05, 4.69) is 10.4 Å². The van der Waals surface area contributed by atoms with Crippen molar-refractivity contribution >= 4 is 5.91 Å². The molecule has 1 amide bonds. The molecule has 1 aromatic carbocycles. The molecule has 0 radical (unpaired) electrons. The first kappa shape index (κ1) is 20.4. The third kappa shape index (κ3) is 5.14. The number of nitrogens with one attached hydrogen (secondary N) is 1. The fraction of sp³-hybridized carbons (Fsp3) is 0.524. The van der Waals surface area contributed by atoms with Gasteiger partial charge in [-0.15, -0.1) is 0 Å². The summed E-state index contributed by atoms with van der Waals surface area (Å²) in [7, 11) is 0. The van der Waals surface area contributed by atoms with Gasteiger partial charge < -0.3 is 5.32 Å². The van der Waals surface area contributed by atoms with Crippen LogP contribution in [0.4, 0.5) is 13.2 Å². The highest BCUT2D eigenvalue weighted by Crippen LogP contribution is 2.39. The van der Waals surface area contributed by atoms with Gasteiger partial charge in [0.2, 0.25) is 5.91 Å². The van der Waals surface area contributed by atoms with Crippen LogP contribution >= 0.6 is 0 Å². The molecule has 0 spiro atoms. The number of nitrogens with zero attached hydrogens (tertiary/aromatic N) is 2. The van der Waals surface area contributed by atoms with Crippen LogP contribution in [0, 0.1) is 18.8 Å². The molecule has 7 heteroatoms. The van der Waals surface area contributed by atoms with E-state index in [1.165, 1.54) is 0 Å². The van der Waals surface area contributed by atoms with Gasteiger partial charge in [-0.2, -0.15) is 18.3 Å². The summed E-state index contributed by atoms with van der Waals surface area (Å²) < 4.78 is 40.5. The fourth-order valence-corrected chi connectivity index (χ4v) is 3.81. The zero-order valence-electron chi connectivity index (χ0n) is 16.0. The molecule has 1 aliphatic carbocycles. The molecule has 3 rings (SSSR count). The Bertz CT molecular complexity index is 786. The summed E-state index contributed by atoms with van der Waals surface area (Å²) in [6.07, 6.45) is 0.325. The number of alkyl halides is 3. The Labute approximate surface area is 163 Å². The second-order valence-electron chi connectivity index (χ2n) is 7.52. The third-order valence-electron chi connectivity index (χ3n) is 5.45. The van der Waals surface area contributed by atoms with Crippen molar-refractivity contribution in [2.75, 3.05) is 6.54 Å². The molecule has 0 bridgehead atoms. The van der Waals surface area contributed by atoms with Crippen molar-refractivity contribution in [3.05, 3.63) is 47.8 Å². The summed E-state index contributed by atoms with van der Waals surface area (Å²) in [4.78, 5) is 12.2. The van der Waals surface area contributed by atoms with Gasteiger partial charge >= 0.3 is 6.18 Å². The molecule has 0 aliphatic heterocycles. The normalized spacial score (nSPS) is 20.1. The van der Waals surface area contributed by atoms with Crippen LogP contribution in [0.3, 0.4) is 0 Å². The number of hydrogen-bond donors (Lipinski definition) is 1. The lowest BCUT2D eigenvalue weighted by Gasteiger charge is -2.29. The van der Waals surface area contributed by atoms with Crippen LogP contribution in [0.2, 0.25) is 0 Å². The fourth-order valence-electron chi connectivity index (χ4n) is 3.81. The maximum absolute atomic E-state index is 12.9. The molecule has 1 heterocycles. The average Bonchev–Trinajstić information content (AvgIpc) is 3.06. The van der Waals surface area contributed by atoms with Crippen molar-refractivity contribution in [1.29, 1.82) is 0 Å². The number of amides is 1. The van der Waals surface area contributed by atoms with Crippen LogP contribution in [-0.2, 0) is 11.2 Å². The highest BCUT2D eigenvalue weighted by Gasteiger charge is 2.43. The predicted molar refractivity (Wildman–Crippen MR) is 101 cm³/mol. The van der Waals surface area contributed by atoms with Gasteiger partial charge in [0, 0.05) is 18.7 Å². The van der Waals surface area contributed by atoms with E-state index in [1.54, 1.807) is 0 Å². The quantitative estimate of drug-likeness (QED) is 0.729. The minimum atomic E-state index is -4.20. The van der Waals surface area contributed by atoms with Crippen LogP contribution in [-0.4, -0.2) is 28.4 Å². The van der Waals surface area contributed by atoms with E-state index in [0.717, 1.165) is 29.8 Å². The van der Waals surface area contributed by atoms with Gasteiger partial charge in [-0.25, -0.2) is 4.68 Å². The minimum Gasteiger partial charge on any atom is -0.356 e. The van der Waals surface area contributed by atoms with Crippen LogP contribution in [0.15, 0.2) is 36.5 Å². The highest BCUT2D eigenvalue weighted by atomic mass is 19.4. The number of benzene rings is 1. The molecule has 4 nitrogen and oxygen atoms in total. The second kappa shape index (κ2) is 8.80. The Kier molecular flexibility index (Phi) is 6.42. The Morgan fingerprint density at radius 3 is 2.71 bits per heavy atom. The zero-order chi connectivity index (χ0) is 20.1. The number of carbonyl (C=O) groups is 1. The summed E-state index contributed by atoms with van der Waals surface area (Å²) in [5.41, 5.74) is 3.03. The smallest absolute Gasteiger partial charge is 0.356 e. The van der Waals surface area contributed by atoms with Gasteiger partial charge in [0.25, 0.3) is 0 Å². The van der Waals surface area contributed by atoms with Crippen molar-refractivity contribution in [2.24, 2.45) is 11.8 Å². The molecule has 1 aliphatic rings. The molecule has 0 saturated heterocycles. The van der Waals surface area contributed by atoms with Crippen molar-refractivity contribution < 1.29 is 18.0 Å². The lowest BCUT2D eigenvalue weighted by atomic mass is 9.80. The van der Waals surface area contributed by atoms with Gasteiger partial charge in [0.15, 0.2) is 0 Å².